The average Bonchev–Trinajstić information content (AvgIpc) is 2.46. The molecule has 0 amide bonds. The Morgan fingerprint density at radius 1 is 1.38 bits per heavy atom. The molecule has 116 valence electrons. The minimum atomic E-state index is -1.31. The third kappa shape index (κ3) is 5.78. The third-order valence-electron chi connectivity index (χ3n) is 2.86. The van der Waals surface area contributed by atoms with Crippen molar-refractivity contribution in [3.05, 3.63) is 33.9 Å². The van der Waals surface area contributed by atoms with Crippen molar-refractivity contribution in [2.24, 2.45) is 0 Å². The van der Waals surface area contributed by atoms with Crippen LogP contribution in [0.1, 0.15) is 36.5 Å². The molecule has 0 atom stereocenters. The molecule has 0 aliphatic rings. The fraction of sp³-hybridized carbons (Fsp3) is 0.500. The second-order valence-corrected chi connectivity index (χ2v) is 4.54. The molecule has 0 unspecified atom stereocenters. The van der Waals surface area contributed by atoms with Crippen LogP contribution in [0.15, 0.2) is 18.2 Å². The van der Waals surface area contributed by atoms with E-state index in [-0.39, 0.29) is 5.56 Å². The van der Waals surface area contributed by atoms with E-state index in [0.717, 1.165) is 25.9 Å². The minimum absolute atomic E-state index is 0.316. The van der Waals surface area contributed by atoms with E-state index in [2.05, 4.69) is 12.2 Å². The van der Waals surface area contributed by atoms with Gasteiger partial charge in [0.15, 0.2) is 0 Å². The molecule has 1 rings (SSSR count). The van der Waals surface area contributed by atoms with Crippen LogP contribution < -0.4 is 5.32 Å². The number of nitro benzene ring substituents is 1. The first-order valence-corrected chi connectivity index (χ1v) is 6.89. The number of carboxylic acid groups (broad SMARTS) is 1. The molecular formula is C14H20N2O5. The maximum Gasteiger partial charge on any atom is 0.342 e. The lowest BCUT2D eigenvalue weighted by atomic mass is 10.1. The average molecular weight is 296 g/mol. The summed E-state index contributed by atoms with van der Waals surface area (Å²) in [6.07, 6.45) is 2.92. The SMILES string of the molecule is CCCCOCCCNc1ccc([N+](=O)[O-])c(C(=O)O)c1. The van der Waals surface area contributed by atoms with Gasteiger partial charge in [-0.25, -0.2) is 4.79 Å². The molecule has 0 heterocycles. The van der Waals surface area contributed by atoms with Gasteiger partial charge < -0.3 is 15.2 Å². The summed E-state index contributed by atoms with van der Waals surface area (Å²) >= 11 is 0. The van der Waals surface area contributed by atoms with Crippen molar-refractivity contribution in [2.45, 2.75) is 26.2 Å². The number of unbranched alkanes of at least 4 members (excludes halogenated alkanes) is 1. The molecule has 0 radical (unpaired) electrons. The molecule has 0 aromatic heterocycles. The van der Waals surface area contributed by atoms with E-state index in [4.69, 9.17) is 9.84 Å². The molecule has 1 aromatic rings. The molecule has 7 heteroatoms. The summed E-state index contributed by atoms with van der Waals surface area (Å²) in [7, 11) is 0. The molecule has 21 heavy (non-hydrogen) atoms. The highest BCUT2D eigenvalue weighted by Crippen LogP contribution is 2.22. The molecule has 0 spiro atoms. The normalized spacial score (nSPS) is 10.3. The van der Waals surface area contributed by atoms with E-state index in [1.165, 1.54) is 18.2 Å². The number of anilines is 1. The van der Waals surface area contributed by atoms with Crippen LogP contribution in [-0.2, 0) is 4.74 Å². The maximum atomic E-state index is 11.0. The van der Waals surface area contributed by atoms with Gasteiger partial charge in [-0.2, -0.15) is 0 Å². The van der Waals surface area contributed by atoms with Gasteiger partial charge in [-0.1, -0.05) is 13.3 Å². The minimum Gasteiger partial charge on any atom is -0.477 e. The van der Waals surface area contributed by atoms with Crippen molar-refractivity contribution in [2.75, 3.05) is 25.1 Å². The molecule has 0 saturated heterocycles. The lowest BCUT2D eigenvalue weighted by Gasteiger charge is -2.08. The van der Waals surface area contributed by atoms with Gasteiger partial charge in [0.05, 0.1) is 4.92 Å². The molecule has 0 bridgehead atoms. The van der Waals surface area contributed by atoms with Gasteiger partial charge in [0.1, 0.15) is 5.56 Å². The van der Waals surface area contributed by atoms with Crippen LogP contribution in [0, 0.1) is 10.1 Å². The number of hydrogen-bond acceptors (Lipinski definition) is 5. The van der Waals surface area contributed by atoms with Gasteiger partial charge in [-0.15, -0.1) is 0 Å². The molecule has 0 fully saturated rings. The van der Waals surface area contributed by atoms with Crippen molar-refractivity contribution >= 4 is 17.3 Å². The Hall–Kier alpha value is -2.15. The van der Waals surface area contributed by atoms with E-state index in [0.29, 0.717) is 18.8 Å². The van der Waals surface area contributed by atoms with Crippen molar-refractivity contribution in [1.82, 2.24) is 0 Å². The summed E-state index contributed by atoms with van der Waals surface area (Å²) in [5, 5.41) is 22.7. The first-order valence-electron chi connectivity index (χ1n) is 6.89. The van der Waals surface area contributed by atoms with Crippen LogP contribution in [0.5, 0.6) is 0 Å². The van der Waals surface area contributed by atoms with E-state index >= 15 is 0 Å². The number of aromatic carboxylic acids is 1. The topological polar surface area (TPSA) is 102 Å². The number of nitrogens with zero attached hydrogens (tertiary/aromatic N) is 1. The number of nitro groups is 1. The predicted molar refractivity (Wildman–Crippen MR) is 78.9 cm³/mol. The molecular weight excluding hydrogens is 276 g/mol. The number of hydrogen-bond donors (Lipinski definition) is 2. The van der Waals surface area contributed by atoms with E-state index < -0.39 is 16.6 Å². The zero-order valence-electron chi connectivity index (χ0n) is 12.0. The Morgan fingerprint density at radius 2 is 2.10 bits per heavy atom. The first-order chi connectivity index (χ1) is 10.1. The van der Waals surface area contributed by atoms with Crippen LogP contribution in [0.25, 0.3) is 0 Å². The number of ether oxygens (including phenoxy) is 1. The van der Waals surface area contributed by atoms with Crippen LogP contribution >= 0.6 is 0 Å². The first kappa shape index (κ1) is 16.9. The molecule has 0 aliphatic heterocycles. The number of carboxylic acids is 1. The summed E-state index contributed by atoms with van der Waals surface area (Å²) in [5.41, 5.74) is -0.174. The van der Waals surface area contributed by atoms with E-state index in [1.807, 2.05) is 0 Å². The summed E-state index contributed by atoms with van der Waals surface area (Å²) < 4.78 is 5.40. The standard InChI is InChI=1S/C14H20N2O5/c1-2-3-8-21-9-4-7-15-11-5-6-13(16(19)20)12(10-11)14(17)18/h5-6,10,15H,2-4,7-9H2,1H3,(H,17,18). The highest BCUT2D eigenvalue weighted by atomic mass is 16.6. The van der Waals surface area contributed by atoms with Gasteiger partial charge >= 0.3 is 5.97 Å². The van der Waals surface area contributed by atoms with E-state index in [1.54, 1.807) is 0 Å². The number of benzene rings is 1. The fourth-order valence-electron chi connectivity index (χ4n) is 1.73. The monoisotopic (exact) mass is 296 g/mol. The van der Waals surface area contributed by atoms with Crippen LogP contribution in [0.2, 0.25) is 0 Å². The largest absolute Gasteiger partial charge is 0.477 e. The van der Waals surface area contributed by atoms with Crippen molar-refractivity contribution in [3.63, 3.8) is 0 Å². The van der Waals surface area contributed by atoms with Gasteiger partial charge in [0.25, 0.3) is 5.69 Å². The van der Waals surface area contributed by atoms with Gasteiger partial charge in [-0.05, 0) is 25.0 Å². The lowest BCUT2D eigenvalue weighted by molar-refractivity contribution is -0.385. The zero-order chi connectivity index (χ0) is 15.7. The van der Waals surface area contributed by atoms with Gasteiger partial charge in [0, 0.05) is 31.5 Å². The fourth-order valence-corrected chi connectivity index (χ4v) is 1.73. The number of nitrogens with one attached hydrogen (secondary N) is 1. The molecule has 0 saturated carbocycles. The Labute approximate surface area is 123 Å². The summed E-state index contributed by atoms with van der Waals surface area (Å²) in [4.78, 5) is 21.0. The van der Waals surface area contributed by atoms with Crippen molar-refractivity contribution in [3.8, 4) is 0 Å². The van der Waals surface area contributed by atoms with Gasteiger partial charge in [0.2, 0.25) is 0 Å². The molecule has 7 nitrogen and oxygen atoms in total. The zero-order valence-corrected chi connectivity index (χ0v) is 12.0. The van der Waals surface area contributed by atoms with Crippen LogP contribution in [0.3, 0.4) is 0 Å². The summed E-state index contributed by atoms with van der Waals surface area (Å²) in [5.74, 6) is -1.31. The Bertz CT molecular complexity index is 490. The highest BCUT2D eigenvalue weighted by Gasteiger charge is 2.19. The van der Waals surface area contributed by atoms with Crippen molar-refractivity contribution < 1.29 is 19.6 Å². The lowest BCUT2D eigenvalue weighted by Crippen LogP contribution is -2.08. The van der Waals surface area contributed by atoms with Crippen LogP contribution in [0.4, 0.5) is 11.4 Å². The molecule has 1 aromatic carbocycles. The Morgan fingerprint density at radius 3 is 2.71 bits per heavy atom. The number of carbonyl (C=O) groups is 1. The number of rotatable bonds is 10. The molecule has 0 aliphatic carbocycles. The maximum absolute atomic E-state index is 11.0. The van der Waals surface area contributed by atoms with Crippen LogP contribution in [-0.4, -0.2) is 35.8 Å². The summed E-state index contributed by atoms with van der Waals surface area (Å²) in [6.45, 7) is 4.09. The van der Waals surface area contributed by atoms with Crippen molar-refractivity contribution in [1.29, 1.82) is 0 Å². The van der Waals surface area contributed by atoms with Gasteiger partial charge in [-0.3, -0.25) is 10.1 Å². The molecule has 2 N–H and O–H groups in total. The smallest absolute Gasteiger partial charge is 0.342 e. The highest BCUT2D eigenvalue weighted by molar-refractivity contribution is 5.93. The summed E-state index contributed by atoms with van der Waals surface area (Å²) in [6, 6.07) is 3.98. The Balaban J connectivity index is 2.47. The quantitative estimate of drug-likeness (QED) is 0.391. The predicted octanol–water partition coefficient (Wildman–Crippen LogP) is 2.91. The third-order valence-corrected chi connectivity index (χ3v) is 2.86. The Kier molecular flexibility index (Phi) is 7.17. The second-order valence-electron chi connectivity index (χ2n) is 4.54. The van der Waals surface area contributed by atoms with E-state index in [9.17, 15) is 14.9 Å². The second kappa shape index (κ2) is 8.91.